The highest BCUT2D eigenvalue weighted by molar-refractivity contribution is 5.97. The van der Waals surface area contributed by atoms with E-state index in [1.54, 1.807) is 36.4 Å². The van der Waals surface area contributed by atoms with Crippen molar-refractivity contribution in [3.8, 4) is 11.5 Å². The molecule has 0 spiro atoms. The van der Waals surface area contributed by atoms with E-state index in [4.69, 9.17) is 4.74 Å². The highest BCUT2D eigenvalue weighted by Gasteiger charge is 2.08. The summed E-state index contributed by atoms with van der Waals surface area (Å²) in [4.78, 5) is 12.1. The van der Waals surface area contributed by atoms with E-state index in [0.29, 0.717) is 17.9 Å². The summed E-state index contributed by atoms with van der Waals surface area (Å²) >= 11 is 0. The van der Waals surface area contributed by atoms with Crippen molar-refractivity contribution in [1.82, 2.24) is 0 Å². The lowest BCUT2D eigenvalue weighted by molar-refractivity contribution is 0.0992. The highest BCUT2D eigenvalue weighted by Crippen LogP contribution is 2.17. The Balaban J connectivity index is 2.13. The molecule has 0 aromatic heterocycles. The number of carbonyl (C=O) groups excluding carboxylic acids is 1. The van der Waals surface area contributed by atoms with Gasteiger partial charge in [0.1, 0.15) is 11.5 Å². The molecule has 0 aliphatic rings. The first-order chi connectivity index (χ1) is 9.19. The fraction of sp³-hybridized carbons (Fsp3) is 0.188. The van der Waals surface area contributed by atoms with Gasteiger partial charge in [0, 0.05) is 12.0 Å². The summed E-state index contributed by atoms with van der Waals surface area (Å²) in [7, 11) is 0. The normalized spacial score (nSPS) is 10.2. The van der Waals surface area contributed by atoms with Gasteiger partial charge in [-0.15, -0.1) is 0 Å². The number of benzene rings is 2. The zero-order valence-corrected chi connectivity index (χ0v) is 10.8. The summed E-state index contributed by atoms with van der Waals surface area (Å²) in [6, 6.07) is 13.9. The van der Waals surface area contributed by atoms with Crippen LogP contribution in [0.1, 0.15) is 22.8 Å². The van der Waals surface area contributed by atoms with Crippen LogP contribution in [-0.4, -0.2) is 17.5 Å². The molecule has 19 heavy (non-hydrogen) atoms. The lowest BCUT2D eigenvalue weighted by Gasteiger charge is -2.06. The minimum Gasteiger partial charge on any atom is -0.508 e. The molecule has 3 nitrogen and oxygen atoms in total. The van der Waals surface area contributed by atoms with Gasteiger partial charge in [-0.1, -0.05) is 24.3 Å². The SMILES string of the molecule is CCOc1cccc(C(=O)Cc2cccc(O)c2)c1. The monoisotopic (exact) mass is 256 g/mol. The van der Waals surface area contributed by atoms with Crippen molar-refractivity contribution in [3.05, 3.63) is 59.7 Å². The van der Waals surface area contributed by atoms with Crippen molar-refractivity contribution < 1.29 is 14.6 Å². The first-order valence-electron chi connectivity index (χ1n) is 6.23. The summed E-state index contributed by atoms with van der Waals surface area (Å²) in [6.07, 6.45) is 0.268. The Kier molecular flexibility index (Phi) is 4.18. The Bertz CT molecular complexity index is 576. The zero-order valence-electron chi connectivity index (χ0n) is 10.8. The number of ether oxygens (including phenoxy) is 1. The molecular formula is C16H16O3. The third-order valence-electron chi connectivity index (χ3n) is 2.74. The number of aromatic hydroxyl groups is 1. The maximum Gasteiger partial charge on any atom is 0.167 e. The molecule has 0 radical (unpaired) electrons. The number of rotatable bonds is 5. The van der Waals surface area contributed by atoms with E-state index in [1.165, 1.54) is 0 Å². The molecule has 2 aromatic rings. The van der Waals surface area contributed by atoms with Gasteiger partial charge in [0.25, 0.3) is 0 Å². The number of hydrogen-bond donors (Lipinski definition) is 1. The Morgan fingerprint density at radius 2 is 1.95 bits per heavy atom. The van der Waals surface area contributed by atoms with Crippen LogP contribution in [0, 0.1) is 0 Å². The van der Waals surface area contributed by atoms with Gasteiger partial charge in [-0.05, 0) is 36.8 Å². The summed E-state index contributed by atoms with van der Waals surface area (Å²) in [5, 5.41) is 9.38. The molecule has 0 aliphatic carbocycles. The predicted octanol–water partition coefficient (Wildman–Crippen LogP) is 3.22. The smallest absolute Gasteiger partial charge is 0.167 e. The lowest BCUT2D eigenvalue weighted by Crippen LogP contribution is -2.04. The van der Waals surface area contributed by atoms with Gasteiger partial charge in [-0.3, -0.25) is 4.79 Å². The summed E-state index contributed by atoms with van der Waals surface area (Å²) in [5.74, 6) is 0.879. The molecule has 3 heteroatoms. The minimum atomic E-state index is 0.00662. The fourth-order valence-corrected chi connectivity index (χ4v) is 1.88. The molecule has 0 fully saturated rings. The third-order valence-corrected chi connectivity index (χ3v) is 2.74. The van der Waals surface area contributed by atoms with Crippen LogP contribution in [0.15, 0.2) is 48.5 Å². The zero-order chi connectivity index (χ0) is 13.7. The Hall–Kier alpha value is -2.29. The van der Waals surface area contributed by atoms with Crippen molar-refractivity contribution >= 4 is 5.78 Å². The van der Waals surface area contributed by atoms with E-state index in [1.807, 2.05) is 19.1 Å². The average Bonchev–Trinajstić information content (AvgIpc) is 2.39. The molecule has 0 unspecified atom stereocenters. The van der Waals surface area contributed by atoms with Crippen molar-refractivity contribution in [3.63, 3.8) is 0 Å². The Labute approximate surface area is 112 Å². The molecule has 0 saturated carbocycles. The predicted molar refractivity (Wildman–Crippen MR) is 73.8 cm³/mol. The van der Waals surface area contributed by atoms with Crippen LogP contribution in [0.5, 0.6) is 11.5 Å². The maximum absolute atomic E-state index is 12.1. The number of hydrogen-bond acceptors (Lipinski definition) is 3. The summed E-state index contributed by atoms with van der Waals surface area (Å²) in [6.45, 7) is 2.48. The summed E-state index contributed by atoms with van der Waals surface area (Å²) < 4.78 is 5.37. The average molecular weight is 256 g/mol. The van der Waals surface area contributed by atoms with Crippen molar-refractivity contribution in [2.45, 2.75) is 13.3 Å². The van der Waals surface area contributed by atoms with E-state index in [-0.39, 0.29) is 18.0 Å². The standard InChI is InChI=1S/C16H16O3/c1-2-19-15-8-4-6-13(11-15)16(18)10-12-5-3-7-14(17)9-12/h3-9,11,17H,2,10H2,1H3. The first kappa shape index (κ1) is 13.1. The number of Topliss-reactive ketones (excluding diaryl/α,β-unsaturated/α-hetero) is 1. The Morgan fingerprint density at radius 1 is 1.16 bits per heavy atom. The van der Waals surface area contributed by atoms with Gasteiger partial charge in [0.15, 0.2) is 5.78 Å². The second-order valence-corrected chi connectivity index (χ2v) is 4.23. The Morgan fingerprint density at radius 3 is 2.68 bits per heavy atom. The van der Waals surface area contributed by atoms with Crippen LogP contribution in [0.4, 0.5) is 0 Å². The van der Waals surface area contributed by atoms with E-state index in [0.717, 1.165) is 5.56 Å². The lowest BCUT2D eigenvalue weighted by atomic mass is 10.0. The number of carbonyl (C=O) groups is 1. The molecule has 0 saturated heterocycles. The highest BCUT2D eigenvalue weighted by atomic mass is 16.5. The van der Waals surface area contributed by atoms with E-state index < -0.39 is 0 Å². The number of phenolic OH excluding ortho intramolecular Hbond substituents is 1. The molecule has 0 aliphatic heterocycles. The maximum atomic E-state index is 12.1. The van der Waals surface area contributed by atoms with Crippen LogP contribution in [0.3, 0.4) is 0 Å². The second-order valence-electron chi connectivity index (χ2n) is 4.23. The van der Waals surface area contributed by atoms with Crippen LogP contribution >= 0.6 is 0 Å². The minimum absolute atomic E-state index is 0.00662. The van der Waals surface area contributed by atoms with Crippen LogP contribution < -0.4 is 4.74 Å². The molecule has 1 N–H and O–H groups in total. The van der Waals surface area contributed by atoms with Crippen molar-refractivity contribution in [2.24, 2.45) is 0 Å². The molecule has 0 heterocycles. The molecule has 0 atom stereocenters. The molecule has 2 rings (SSSR count). The van der Waals surface area contributed by atoms with Crippen LogP contribution in [0.2, 0.25) is 0 Å². The second kappa shape index (κ2) is 6.05. The van der Waals surface area contributed by atoms with Crippen molar-refractivity contribution in [1.29, 1.82) is 0 Å². The third kappa shape index (κ3) is 3.58. The molecule has 0 amide bonds. The quantitative estimate of drug-likeness (QED) is 0.835. The topological polar surface area (TPSA) is 46.5 Å². The molecular weight excluding hydrogens is 240 g/mol. The molecule has 0 bridgehead atoms. The van der Waals surface area contributed by atoms with E-state index in [2.05, 4.69) is 0 Å². The fourth-order valence-electron chi connectivity index (χ4n) is 1.88. The van der Waals surface area contributed by atoms with Gasteiger partial charge in [-0.2, -0.15) is 0 Å². The van der Waals surface area contributed by atoms with Gasteiger partial charge >= 0.3 is 0 Å². The first-order valence-corrected chi connectivity index (χ1v) is 6.23. The van der Waals surface area contributed by atoms with Gasteiger partial charge in [0.2, 0.25) is 0 Å². The number of phenols is 1. The molecule has 98 valence electrons. The van der Waals surface area contributed by atoms with Crippen molar-refractivity contribution in [2.75, 3.05) is 6.61 Å². The van der Waals surface area contributed by atoms with Gasteiger partial charge in [0.05, 0.1) is 6.61 Å². The van der Waals surface area contributed by atoms with E-state index >= 15 is 0 Å². The van der Waals surface area contributed by atoms with E-state index in [9.17, 15) is 9.90 Å². The van der Waals surface area contributed by atoms with Crippen LogP contribution in [0.25, 0.3) is 0 Å². The number of ketones is 1. The largest absolute Gasteiger partial charge is 0.508 e. The van der Waals surface area contributed by atoms with Gasteiger partial charge < -0.3 is 9.84 Å². The van der Waals surface area contributed by atoms with Gasteiger partial charge in [-0.25, -0.2) is 0 Å². The molecule has 2 aromatic carbocycles. The van der Waals surface area contributed by atoms with Crippen LogP contribution in [-0.2, 0) is 6.42 Å². The summed E-state index contributed by atoms with van der Waals surface area (Å²) in [5.41, 5.74) is 1.42.